The van der Waals surface area contributed by atoms with Gasteiger partial charge < -0.3 is 15.3 Å². The number of benzene rings is 1. The Morgan fingerprint density at radius 1 is 1.40 bits per heavy atom. The summed E-state index contributed by atoms with van der Waals surface area (Å²) in [5.74, 6) is -1.37. The largest absolute Gasteiger partial charge is 0.481 e. The van der Waals surface area contributed by atoms with Crippen LogP contribution in [0.1, 0.15) is 25.8 Å². The number of hydrogen-bond acceptors (Lipinski definition) is 2. The zero-order valence-electron chi connectivity index (χ0n) is 11.8. The van der Waals surface area contributed by atoms with Gasteiger partial charge in [0.1, 0.15) is 5.82 Å². The Kier molecular flexibility index (Phi) is 5.49. The lowest BCUT2D eigenvalue weighted by molar-refractivity contribution is -0.137. The zero-order chi connectivity index (χ0) is 15.3. The highest BCUT2D eigenvalue weighted by Crippen LogP contribution is 2.14. The highest BCUT2D eigenvalue weighted by molar-refractivity contribution is 5.89. The quantitative estimate of drug-likeness (QED) is 0.872. The molecule has 0 aliphatic heterocycles. The molecule has 110 valence electrons. The van der Waals surface area contributed by atoms with E-state index in [-0.39, 0.29) is 19.0 Å². The van der Waals surface area contributed by atoms with E-state index in [9.17, 15) is 14.0 Å². The standard InChI is InChI=1S/C14H19FN2O3/c1-9(2)17(7-6-13(18)19)14(20)16-11-5-4-10(3)12(15)8-11/h4-5,8-9H,6-7H2,1-3H3,(H,16,20)(H,18,19). The van der Waals surface area contributed by atoms with Gasteiger partial charge in [0, 0.05) is 18.3 Å². The molecule has 0 spiro atoms. The number of aryl methyl sites for hydroxylation is 1. The van der Waals surface area contributed by atoms with Crippen LogP contribution in [0.5, 0.6) is 0 Å². The molecule has 0 aliphatic carbocycles. The number of urea groups is 1. The van der Waals surface area contributed by atoms with E-state index in [1.165, 1.54) is 11.0 Å². The summed E-state index contributed by atoms with van der Waals surface area (Å²) in [5.41, 5.74) is 0.841. The van der Waals surface area contributed by atoms with Crippen LogP contribution in [0.2, 0.25) is 0 Å². The Balaban J connectivity index is 2.74. The molecule has 0 aliphatic rings. The summed E-state index contributed by atoms with van der Waals surface area (Å²) in [7, 11) is 0. The minimum Gasteiger partial charge on any atom is -0.481 e. The Labute approximate surface area is 117 Å². The average Bonchev–Trinajstić information content (AvgIpc) is 2.33. The third-order valence-corrected chi connectivity index (χ3v) is 2.87. The smallest absolute Gasteiger partial charge is 0.322 e. The summed E-state index contributed by atoms with van der Waals surface area (Å²) in [6, 6.07) is 3.82. The Hall–Kier alpha value is -2.11. The molecule has 1 rings (SSSR count). The monoisotopic (exact) mass is 282 g/mol. The lowest BCUT2D eigenvalue weighted by Crippen LogP contribution is -2.41. The van der Waals surface area contributed by atoms with Crippen molar-refractivity contribution in [2.24, 2.45) is 0 Å². The maximum absolute atomic E-state index is 13.4. The fraction of sp³-hybridized carbons (Fsp3) is 0.429. The van der Waals surface area contributed by atoms with Crippen LogP contribution in [-0.4, -0.2) is 34.6 Å². The van der Waals surface area contributed by atoms with Crippen molar-refractivity contribution in [1.82, 2.24) is 4.90 Å². The molecule has 0 radical (unpaired) electrons. The van der Waals surface area contributed by atoms with Gasteiger partial charge >= 0.3 is 12.0 Å². The fourth-order valence-electron chi connectivity index (χ4n) is 1.68. The molecule has 20 heavy (non-hydrogen) atoms. The number of anilines is 1. The van der Waals surface area contributed by atoms with Gasteiger partial charge in [-0.15, -0.1) is 0 Å². The number of halogens is 1. The molecular weight excluding hydrogens is 263 g/mol. The molecule has 5 nitrogen and oxygen atoms in total. The molecule has 0 saturated carbocycles. The third kappa shape index (κ3) is 4.53. The van der Waals surface area contributed by atoms with E-state index < -0.39 is 17.8 Å². The number of rotatable bonds is 5. The molecule has 0 fully saturated rings. The van der Waals surface area contributed by atoms with Gasteiger partial charge in [0.2, 0.25) is 0 Å². The summed E-state index contributed by atoms with van der Waals surface area (Å²) in [5, 5.41) is 11.2. The summed E-state index contributed by atoms with van der Waals surface area (Å²) < 4.78 is 13.4. The Bertz CT molecular complexity index is 503. The first-order chi connectivity index (χ1) is 9.31. The molecule has 6 heteroatoms. The number of carboxylic acid groups (broad SMARTS) is 1. The first-order valence-electron chi connectivity index (χ1n) is 6.37. The minimum atomic E-state index is -0.968. The van der Waals surface area contributed by atoms with Crippen molar-refractivity contribution in [3.8, 4) is 0 Å². The third-order valence-electron chi connectivity index (χ3n) is 2.87. The fourth-order valence-corrected chi connectivity index (χ4v) is 1.68. The van der Waals surface area contributed by atoms with E-state index in [2.05, 4.69) is 5.32 Å². The second-order valence-electron chi connectivity index (χ2n) is 4.82. The SMILES string of the molecule is Cc1ccc(NC(=O)N(CCC(=O)O)C(C)C)cc1F. The first-order valence-corrected chi connectivity index (χ1v) is 6.37. The van der Waals surface area contributed by atoms with E-state index in [1.807, 2.05) is 0 Å². The van der Waals surface area contributed by atoms with Gasteiger partial charge in [0.25, 0.3) is 0 Å². The van der Waals surface area contributed by atoms with E-state index in [0.717, 1.165) is 0 Å². The highest BCUT2D eigenvalue weighted by atomic mass is 19.1. The predicted octanol–water partition coefficient (Wildman–Crippen LogP) is 2.85. The zero-order valence-corrected chi connectivity index (χ0v) is 11.8. The summed E-state index contributed by atoms with van der Waals surface area (Å²) in [6.07, 6.45) is -0.131. The molecule has 2 amide bonds. The van der Waals surface area contributed by atoms with E-state index in [0.29, 0.717) is 11.3 Å². The summed E-state index contributed by atoms with van der Waals surface area (Å²) in [6.45, 7) is 5.32. The summed E-state index contributed by atoms with van der Waals surface area (Å²) >= 11 is 0. The number of carboxylic acids is 1. The van der Waals surface area contributed by atoms with Gasteiger partial charge in [0.15, 0.2) is 0 Å². The lowest BCUT2D eigenvalue weighted by atomic mass is 10.2. The average molecular weight is 282 g/mol. The van der Waals surface area contributed by atoms with Crippen molar-refractivity contribution < 1.29 is 19.1 Å². The highest BCUT2D eigenvalue weighted by Gasteiger charge is 2.18. The molecule has 0 unspecified atom stereocenters. The Morgan fingerprint density at radius 2 is 2.05 bits per heavy atom. The lowest BCUT2D eigenvalue weighted by Gasteiger charge is -2.26. The van der Waals surface area contributed by atoms with Crippen LogP contribution in [0.25, 0.3) is 0 Å². The minimum absolute atomic E-state index is 0.104. The van der Waals surface area contributed by atoms with Crippen LogP contribution in [0.4, 0.5) is 14.9 Å². The normalized spacial score (nSPS) is 10.4. The maximum Gasteiger partial charge on any atom is 0.322 e. The topological polar surface area (TPSA) is 69.6 Å². The molecule has 2 N–H and O–H groups in total. The molecule has 0 heterocycles. The van der Waals surface area contributed by atoms with Crippen LogP contribution in [0.15, 0.2) is 18.2 Å². The molecule has 1 aromatic carbocycles. The van der Waals surface area contributed by atoms with Crippen molar-refractivity contribution in [1.29, 1.82) is 0 Å². The van der Waals surface area contributed by atoms with Gasteiger partial charge in [0.05, 0.1) is 6.42 Å². The van der Waals surface area contributed by atoms with Gasteiger partial charge in [-0.25, -0.2) is 9.18 Å². The van der Waals surface area contributed by atoms with Crippen molar-refractivity contribution in [3.63, 3.8) is 0 Å². The van der Waals surface area contributed by atoms with E-state index >= 15 is 0 Å². The number of nitrogens with one attached hydrogen (secondary N) is 1. The number of nitrogens with zero attached hydrogens (tertiary/aromatic N) is 1. The number of hydrogen-bond donors (Lipinski definition) is 2. The molecule has 0 atom stereocenters. The number of carbonyl (C=O) groups excluding carboxylic acids is 1. The second kappa shape index (κ2) is 6.88. The van der Waals surface area contributed by atoms with Crippen LogP contribution < -0.4 is 5.32 Å². The molecule has 0 bridgehead atoms. The molecule has 0 saturated heterocycles. The van der Waals surface area contributed by atoms with Crippen LogP contribution in [0.3, 0.4) is 0 Å². The second-order valence-corrected chi connectivity index (χ2v) is 4.82. The van der Waals surface area contributed by atoms with Gasteiger partial charge in [-0.2, -0.15) is 0 Å². The van der Waals surface area contributed by atoms with E-state index in [4.69, 9.17) is 5.11 Å². The van der Waals surface area contributed by atoms with E-state index in [1.54, 1.807) is 32.9 Å². The number of carbonyl (C=O) groups is 2. The van der Waals surface area contributed by atoms with Crippen LogP contribution in [0, 0.1) is 12.7 Å². The van der Waals surface area contributed by atoms with Crippen molar-refractivity contribution in [2.75, 3.05) is 11.9 Å². The van der Waals surface area contributed by atoms with Gasteiger partial charge in [-0.3, -0.25) is 4.79 Å². The Morgan fingerprint density at radius 3 is 2.55 bits per heavy atom. The molecule has 0 aromatic heterocycles. The van der Waals surface area contributed by atoms with Crippen molar-refractivity contribution >= 4 is 17.7 Å². The number of aliphatic carboxylic acids is 1. The van der Waals surface area contributed by atoms with Gasteiger partial charge in [-0.1, -0.05) is 6.07 Å². The van der Waals surface area contributed by atoms with Crippen LogP contribution >= 0.6 is 0 Å². The van der Waals surface area contributed by atoms with Crippen molar-refractivity contribution in [3.05, 3.63) is 29.6 Å². The molecule has 1 aromatic rings. The van der Waals surface area contributed by atoms with Gasteiger partial charge in [-0.05, 0) is 38.5 Å². The number of amides is 2. The predicted molar refractivity (Wildman–Crippen MR) is 74.3 cm³/mol. The summed E-state index contributed by atoms with van der Waals surface area (Å²) in [4.78, 5) is 24.0. The van der Waals surface area contributed by atoms with Crippen LogP contribution in [-0.2, 0) is 4.79 Å². The molecular formula is C14H19FN2O3. The maximum atomic E-state index is 13.4. The van der Waals surface area contributed by atoms with Crippen molar-refractivity contribution in [2.45, 2.75) is 33.2 Å². The first kappa shape index (κ1) is 15.9.